The first-order chi connectivity index (χ1) is 8.84. The van der Waals surface area contributed by atoms with E-state index in [4.69, 9.17) is 16.7 Å². The minimum Gasteiger partial charge on any atom is -0.396 e. The molecule has 0 aromatic carbocycles. The van der Waals surface area contributed by atoms with Crippen molar-refractivity contribution >= 4 is 17.4 Å². The van der Waals surface area contributed by atoms with Gasteiger partial charge in [0.15, 0.2) is 0 Å². The first-order valence-corrected chi connectivity index (χ1v) is 6.16. The minimum absolute atomic E-state index is 0.112. The molecule has 0 radical (unpaired) electrons. The summed E-state index contributed by atoms with van der Waals surface area (Å²) in [6.45, 7) is 0.645. The number of unbranched alkanes of at least 4 members (excludes halogenated alkanes) is 2. The van der Waals surface area contributed by atoms with Crippen LogP contribution in [0.1, 0.15) is 25.1 Å². The maximum atomic E-state index is 12.5. The van der Waals surface area contributed by atoms with Crippen molar-refractivity contribution in [3.63, 3.8) is 0 Å². The number of aromatic nitrogens is 2. The molecule has 0 atom stereocenters. The second kappa shape index (κ2) is 6.91. The number of nitrogens with zero attached hydrogens (tertiary/aromatic N) is 3. The molecule has 0 unspecified atom stereocenters. The molecular formula is C11H15ClF3N3O. The zero-order valence-electron chi connectivity index (χ0n) is 10.4. The smallest absolute Gasteiger partial charge is 0.396 e. The molecule has 1 aromatic rings. The monoisotopic (exact) mass is 297 g/mol. The highest BCUT2D eigenvalue weighted by Gasteiger charge is 2.35. The average molecular weight is 298 g/mol. The molecule has 19 heavy (non-hydrogen) atoms. The minimum atomic E-state index is -4.61. The number of anilines is 1. The first-order valence-electron chi connectivity index (χ1n) is 5.78. The van der Waals surface area contributed by atoms with Crippen molar-refractivity contribution in [2.75, 3.05) is 25.1 Å². The van der Waals surface area contributed by atoms with Gasteiger partial charge in [0.2, 0.25) is 5.82 Å². The lowest BCUT2D eigenvalue weighted by Crippen LogP contribution is -2.22. The number of aliphatic hydroxyl groups excluding tert-OH is 1. The number of halogens is 4. The highest BCUT2D eigenvalue weighted by atomic mass is 35.5. The van der Waals surface area contributed by atoms with Crippen molar-refractivity contribution in [1.82, 2.24) is 9.97 Å². The van der Waals surface area contributed by atoms with Crippen LogP contribution in [0, 0.1) is 0 Å². The molecule has 0 saturated heterocycles. The van der Waals surface area contributed by atoms with Gasteiger partial charge in [-0.3, -0.25) is 0 Å². The highest BCUT2D eigenvalue weighted by Crippen LogP contribution is 2.28. The topological polar surface area (TPSA) is 49.2 Å². The zero-order chi connectivity index (χ0) is 14.5. The number of hydrogen-bond acceptors (Lipinski definition) is 4. The van der Waals surface area contributed by atoms with Crippen LogP contribution in [0.3, 0.4) is 0 Å². The van der Waals surface area contributed by atoms with E-state index in [0.717, 1.165) is 12.8 Å². The predicted molar refractivity (Wildman–Crippen MR) is 66.3 cm³/mol. The summed E-state index contributed by atoms with van der Waals surface area (Å²) in [4.78, 5) is 8.21. The van der Waals surface area contributed by atoms with Crippen molar-refractivity contribution in [3.8, 4) is 0 Å². The van der Waals surface area contributed by atoms with Crippen LogP contribution in [-0.2, 0) is 6.18 Å². The van der Waals surface area contributed by atoms with Crippen LogP contribution in [0.5, 0.6) is 0 Å². The summed E-state index contributed by atoms with van der Waals surface area (Å²) in [7, 11) is 1.64. The van der Waals surface area contributed by atoms with Gasteiger partial charge in [-0.2, -0.15) is 13.2 Å². The van der Waals surface area contributed by atoms with Crippen molar-refractivity contribution < 1.29 is 18.3 Å². The summed E-state index contributed by atoms with van der Waals surface area (Å²) in [6.07, 6.45) is -2.39. The predicted octanol–water partition coefficient (Wildman–Crippen LogP) is 2.75. The normalized spacial score (nSPS) is 11.7. The van der Waals surface area contributed by atoms with Gasteiger partial charge in [-0.15, -0.1) is 0 Å². The second-order valence-electron chi connectivity index (χ2n) is 4.08. The van der Waals surface area contributed by atoms with E-state index in [0.29, 0.717) is 13.0 Å². The Morgan fingerprint density at radius 1 is 1.26 bits per heavy atom. The molecule has 4 nitrogen and oxygen atoms in total. The fourth-order valence-corrected chi connectivity index (χ4v) is 1.66. The summed E-state index contributed by atoms with van der Waals surface area (Å²) >= 11 is 5.57. The van der Waals surface area contributed by atoms with E-state index < -0.39 is 12.0 Å². The Morgan fingerprint density at radius 2 is 1.95 bits per heavy atom. The number of rotatable bonds is 6. The van der Waals surface area contributed by atoms with Crippen LogP contribution in [0.2, 0.25) is 5.15 Å². The van der Waals surface area contributed by atoms with Crippen LogP contribution in [0.25, 0.3) is 0 Å². The largest absolute Gasteiger partial charge is 0.451 e. The lowest BCUT2D eigenvalue weighted by Gasteiger charge is -2.19. The highest BCUT2D eigenvalue weighted by molar-refractivity contribution is 6.29. The molecule has 108 valence electrons. The van der Waals surface area contributed by atoms with Crippen molar-refractivity contribution in [2.45, 2.75) is 25.4 Å². The molecule has 0 saturated carbocycles. The lowest BCUT2D eigenvalue weighted by atomic mass is 10.2. The molecule has 8 heteroatoms. The third kappa shape index (κ3) is 5.20. The molecule has 1 N–H and O–H groups in total. The molecule has 0 spiro atoms. The molecule has 0 aliphatic carbocycles. The fourth-order valence-electron chi connectivity index (χ4n) is 1.48. The Balaban J connectivity index is 2.74. The molecule has 0 fully saturated rings. The van der Waals surface area contributed by atoms with E-state index in [-0.39, 0.29) is 17.6 Å². The van der Waals surface area contributed by atoms with E-state index in [9.17, 15) is 13.2 Å². The summed E-state index contributed by atoms with van der Waals surface area (Å²) < 4.78 is 37.6. The lowest BCUT2D eigenvalue weighted by molar-refractivity contribution is -0.144. The number of hydrogen-bond donors (Lipinski definition) is 1. The Hall–Kier alpha value is -1.08. The van der Waals surface area contributed by atoms with E-state index in [2.05, 4.69) is 9.97 Å². The van der Waals surface area contributed by atoms with Gasteiger partial charge < -0.3 is 10.0 Å². The van der Waals surface area contributed by atoms with Crippen molar-refractivity contribution in [2.24, 2.45) is 0 Å². The Morgan fingerprint density at radius 3 is 2.53 bits per heavy atom. The maximum Gasteiger partial charge on any atom is 0.451 e. The van der Waals surface area contributed by atoms with Gasteiger partial charge in [-0.05, 0) is 19.3 Å². The van der Waals surface area contributed by atoms with Crippen LogP contribution >= 0.6 is 11.6 Å². The third-order valence-corrected chi connectivity index (χ3v) is 2.67. The van der Waals surface area contributed by atoms with Gasteiger partial charge in [-0.25, -0.2) is 9.97 Å². The van der Waals surface area contributed by atoms with Gasteiger partial charge in [0.05, 0.1) is 0 Å². The number of alkyl halides is 3. The molecule has 0 amide bonds. The van der Waals surface area contributed by atoms with Crippen molar-refractivity contribution in [3.05, 3.63) is 17.0 Å². The van der Waals surface area contributed by atoms with Crippen molar-refractivity contribution in [1.29, 1.82) is 0 Å². The fraction of sp³-hybridized carbons (Fsp3) is 0.636. The van der Waals surface area contributed by atoms with Gasteiger partial charge in [0.25, 0.3) is 0 Å². The SMILES string of the molecule is CN(CCCCCO)c1cc(Cl)nc(C(F)(F)F)n1. The Bertz CT molecular complexity index is 415. The molecule has 1 aromatic heterocycles. The van der Waals surface area contributed by atoms with Gasteiger partial charge >= 0.3 is 6.18 Å². The first kappa shape index (κ1) is 16.0. The van der Waals surface area contributed by atoms with E-state index >= 15 is 0 Å². The molecule has 0 aliphatic rings. The van der Waals surface area contributed by atoms with Crippen LogP contribution < -0.4 is 4.90 Å². The van der Waals surface area contributed by atoms with Gasteiger partial charge in [0.1, 0.15) is 11.0 Å². The molecule has 0 aliphatic heterocycles. The summed E-state index contributed by atoms with van der Waals surface area (Å²) in [5.41, 5.74) is 0. The van der Waals surface area contributed by atoms with E-state index in [1.165, 1.54) is 6.07 Å². The van der Waals surface area contributed by atoms with Gasteiger partial charge in [0, 0.05) is 26.3 Å². The van der Waals surface area contributed by atoms with E-state index in [1.54, 1.807) is 11.9 Å². The van der Waals surface area contributed by atoms with Crippen LogP contribution in [-0.4, -0.2) is 35.3 Å². The molecule has 0 bridgehead atoms. The molecule has 1 rings (SSSR count). The maximum absolute atomic E-state index is 12.5. The van der Waals surface area contributed by atoms with Gasteiger partial charge in [-0.1, -0.05) is 11.6 Å². The molecule has 1 heterocycles. The number of aliphatic hydroxyl groups is 1. The summed E-state index contributed by atoms with van der Waals surface area (Å²) in [5.74, 6) is -1.10. The third-order valence-electron chi connectivity index (χ3n) is 2.48. The quantitative estimate of drug-likeness (QED) is 0.648. The zero-order valence-corrected chi connectivity index (χ0v) is 11.2. The Kier molecular flexibility index (Phi) is 5.81. The molecular weight excluding hydrogens is 283 g/mol. The van der Waals surface area contributed by atoms with Crippen LogP contribution in [0.15, 0.2) is 6.07 Å². The average Bonchev–Trinajstić information content (AvgIpc) is 2.32. The summed E-state index contributed by atoms with van der Waals surface area (Å²) in [6, 6.07) is 1.29. The second-order valence-corrected chi connectivity index (χ2v) is 4.46. The standard InChI is InChI=1S/C11H15ClF3N3O/c1-18(5-3-2-4-6-19)9-7-8(12)16-10(17-9)11(13,14)15/h7,19H,2-6H2,1H3. The van der Waals surface area contributed by atoms with Crippen LogP contribution in [0.4, 0.5) is 19.0 Å². The van der Waals surface area contributed by atoms with E-state index in [1.807, 2.05) is 0 Å². The summed E-state index contributed by atoms with van der Waals surface area (Å²) in [5, 5.41) is 8.40. The Labute approximate surface area is 114 Å².